The summed E-state index contributed by atoms with van der Waals surface area (Å²) >= 11 is 0. The molecule has 146 valence electrons. The zero-order chi connectivity index (χ0) is 17.5. The first-order chi connectivity index (χ1) is 12.3. The number of ether oxygens (including phenoxy) is 1. The summed E-state index contributed by atoms with van der Waals surface area (Å²) in [7, 11) is 1.90. The van der Waals surface area contributed by atoms with Crippen molar-refractivity contribution >= 4 is 29.9 Å². The summed E-state index contributed by atoms with van der Waals surface area (Å²) in [5.41, 5.74) is 1.36. The van der Waals surface area contributed by atoms with E-state index in [1.54, 1.807) is 0 Å². The summed E-state index contributed by atoms with van der Waals surface area (Å²) < 4.78 is 5.55. The Labute approximate surface area is 175 Å². The number of aliphatic imine (C=N–C) groups is 1. The molecule has 2 unspecified atom stereocenters. The lowest BCUT2D eigenvalue weighted by Crippen LogP contribution is -2.49. The van der Waals surface area contributed by atoms with Crippen LogP contribution < -0.4 is 5.32 Å². The zero-order valence-corrected chi connectivity index (χ0v) is 18.4. The van der Waals surface area contributed by atoms with Crippen LogP contribution in [0.1, 0.15) is 31.4 Å². The molecule has 3 rings (SSSR count). The molecule has 26 heavy (non-hydrogen) atoms. The first-order valence-corrected chi connectivity index (χ1v) is 9.60. The van der Waals surface area contributed by atoms with Crippen LogP contribution in [0.25, 0.3) is 0 Å². The number of likely N-dealkylation sites (tertiary alicyclic amines) is 1. The Morgan fingerprint density at radius 3 is 2.62 bits per heavy atom. The highest BCUT2D eigenvalue weighted by Crippen LogP contribution is 2.21. The Morgan fingerprint density at radius 1 is 1.23 bits per heavy atom. The number of benzene rings is 1. The number of morpholine rings is 1. The monoisotopic (exact) mass is 472 g/mol. The van der Waals surface area contributed by atoms with Crippen molar-refractivity contribution < 1.29 is 4.74 Å². The van der Waals surface area contributed by atoms with Gasteiger partial charge in [-0.15, -0.1) is 24.0 Å². The molecule has 0 aliphatic carbocycles. The summed E-state index contributed by atoms with van der Waals surface area (Å²) in [6.07, 6.45) is 2.58. The topological polar surface area (TPSA) is 40.1 Å². The minimum absolute atomic E-state index is 0. The number of halogens is 1. The number of hydrogen-bond donors (Lipinski definition) is 1. The van der Waals surface area contributed by atoms with Gasteiger partial charge in [0.2, 0.25) is 0 Å². The van der Waals surface area contributed by atoms with Gasteiger partial charge in [-0.3, -0.25) is 9.89 Å². The molecule has 0 spiro atoms. The molecule has 0 bridgehead atoms. The average Bonchev–Trinajstić information content (AvgIpc) is 2.67. The van der Waals surface area contributed by atoms with Gasteiger partial charge in [0.05, 0.1) is 19.3 Å². The highest BCUT2D eigenvalue weighted by molar-refractivity contribution is 14.0. The second-order valence-electron chi connectivity index (χ2n) is 7.20. The smallest absolute Gasteiger partial charge is 0.193 e. The summed E-state index contributed by atoms with van der Waals surface area (Å²) in [5.74, 6) is 1.79. The molecule has 0 aromatic heterocycles. The highest BCUT2D eigenvalue weighted by Gasteiger charge is 2.24. The minimum Gasteiger partial charge on any atom is -0.379 e. The second-order valence-corrected chi connectivity index (χ2v) is 7.20. The van der Waals surface area contributed by atoms with Crippen molar-refractivity contribution in [3.63, 3.8) is 0 Å². The van der Waals surface area contributed by atoms with Crippen molar-refractivity contribution in [3.8, 4) is 0 Å². The van der Waals surface area contributed by atoms with Crippen molar-refractivity contribution in [2.75, 3.05) is 53.0 Å². The number of nitrogens with one attached hydrogen (secondary N) is 1. The molecule has 2 aliphatic heterocycles. The van der Waals surface area contributed by atoms with Crippen molar-refractivity contribution in [1.82, 2.24) is 15.1 Å². The van der Waals surface area contributed by atoms with E-state index in [-0.39, 0.29) is 24.0 Å². The number of guanidine groups is 1. The molecule has 2 heterocycles. The largest absolute Gasteiger partial charge is 0.379 e. The minimum atomic E-state index is 0. The molecule has 0 saturated carbocycles. The van der Waals surface area contributed by atoms with Crippen molar-refractivity contribution in [3.05, 3.63) is 35.9 Å². The molecule has 2 atom stereocenters. The first kappa shape index (κ1) is 21.4. The van der Waals surface area contributed by atoms with Crippen LogP contribution in [-0.2, 0) is 4.74 Å². The number of hydrogen-bond acceptors (Lipinski definition) is 3. The van der Waals surface area contributed by atoms with Gasteiger partial charge in [-0.05, 0) is 24.3 Å². The maximum atomic E-state index is 5.55. The SMILES string of the molecule is CN=C(NCC(c1ccccc1)N1CCOCC1)N1CCCC(C)C1.I. The van der Waals surface area contributed by atoms with Crippen LogP contribution in [0.3, 0.4) is 0 Å². The number of nitrogens with zero attached hydrogens (tertiary/aromatic N) is 3. The molecule has 1 aromatic rings. The van der Waals surface area contributed by atoms with Crippen molar-refractivity contribution in [2.45, 2.75) is 25.8 Å². The average molecular weight is 472 g/mol. The van der Waals surface area contributed by atoms with Crippen molar-refractivity contribution in [2.24, 2.45) is 10.9 Å². The van der Waals surface area contributed by atoms with E-state index < -0.39 is 0 Å². The fourth-order valence-corrected chi connectivity index (χ4v) is 3.92. The predicted octanol–water partition coefficient (Wildman–Crippen LogP) is 2.99. The van der Waals surface area contributed by atoms with Gasteiger partial charge >= 0.3 is 0 Å². The fraction of sp³-hybridized carbons (Fsp3) is 0.650. The summed E-state index contributed by atoms with van der Waals surface area (Å²) in [6, 6.07) is 11.2. The third-order valence-corrected chi connectivity index (χ3v) is 5.29. The first-order valence-electron chi connectivity index (χ1n) is 9.60. The van der Waals surface area contributed by atoms with Crippen LogP contribution in [0.4, 0.5) is 0 Å². The molecule has 0 amide bonds. The maximum absolute atomic E-state index is 5.55. The third kappa shape index (κ3) is 5.82. The summed E-state index contributed by atoms with van der Waals surface area (Å²) in [5, 5.41) is 3.65. The molecular weight excluding hydrogens is 439 g/mol. The van der Waals surface area contributed by atoms with E-state index in [1.165, 1.54) is 18.4 Å². The maximum Gasteiger partial charge on any atom is 0.193 e. The van der Waals surface area contributed by atoms with E-state index in [0.717, 1.165) is 57.8 Å². The summed E-state index contributed by atoms with van der Waals surface area (Å²) in [6.45, 7) is 9.04. The van der Waals surface area contributed by atoms with E-state index >= 15 is 0 Å². The van der Waals surface area contributed by atoms with E-state index in [2.05, 4.69) is 57.4 Å². The Bertz CT molecular complexity index is 548. The molecular formula is C20H33IN4O. The zero-order valence-electron chi connectivity index (χ0n) is 16.1. The van der Waals surface area contributed by atoms with Gasteiger partial charge in [0, 0.05) is 39.8 Å². The predicted molar refractivity (Wildman–Crippen MR) is 118 cm³/mol. The molecule has 2 aliphatic rings. The normalized spacial score (nSPS) is 23.2. The second kappa shape index (κ2) is 11.1. The van der Waals surface area contributed by atoms with Crippen LogP contribution in [0.15, 0.2) is 35.3 Å². The Morgan fingerprint density at radius 2 is 1.96 bits per heavy atom. The fourth-order valence-electron chi connectivity index (χ4n) is 3.92. The molecule has 5 nitrogen and oxygen atoms in total. The molecule has 2 fully saturated rings. The lowest BCUT2D eigenvalue weighted by atomic mass is 10.0. The summed E-state index contributed by atoms with van der Waals surface area (Å²) in [4.78, 5) is 9.48. The standard InChI is InChI=1S/C20H32N4O.HI/c1-17-7-6-10-24(16-17)20(21-2)22-15-19(18-8-4-3-5-9-18)23-11-13-25-14-12-23;/h3-5,8-9,17,19H,6-7,10-16H2,1-2H3,(H,21,22);1H. The number of rotatable bonds is 4. The van der Waals surface area contributed by atoms with Crippen LogP contribution in [-0.4, -0.2) is 68.7 Å². The van der Waals surface area contributed by atoms with E-state index in [4.69, 9.17) is 4.74 Å². The van der Waals surface area contributed by atoms with Gasteiger partial charge in [0.25, 0.3) is 0 Å². The van der Waals surface area contributed by atoms with Gasteiger partial charge in [-0.1, -0.05) is 37.3 Å². The van der Waals surface area contributed by atoms with E-state index in [0.29, 0.717) is 6.04 Å². The van der Waals surface area contributed by atoms with Gasteiger partial charge < -0.3 is 15.0 Å². The van der Waals surface area contributed by atoms with Crippen LogP contribution in [0.5, 0.6) is 0 Å². The Kier molecular flexibility index (Phi) is 9.15. The van der Waals surface area contributed by atoms with Crippen molar-refractivity contribution in [1.29, 1.82) is 0 Å². The Hall–Kier alpha value is -0.860. The molecule has 0 radical (unpaired) electrons. The number of piperidine rings is 1. The van der Waals surface area contributed by atoms with E-state index in [9.17, 15) is 0 Å². The molecule has 1 aromatic carbocycles. The quantitative estimate of drug-likeness (QED) is 0.416. The van der Waals surface area contributed by atoms with Gasteiger partial charge in [0.15, 0.2) is 5.96 Å². The molecule has 2 saturated heterocycles. The Balaban J connectivity index is 0.00000243. The van der Waals surface area contributed by atoms with Gasteiger partial charge in [-0.2, -0.15) is 0 Å². The molecule has 6 heteroatoms. The third-order valence-electron chi connectivity index (χ3n) is 5.29. The van der Waals surface area contributed by atoms with Crippen LogP contribution >= 0.6 is 24.0 Å². The van der Waals surface area contributed by atoms with E-state index in [1.807, 2.05) is 7.05 Å². The van der Waals surface area contributed by atoms with Gasteiger partial charge in [-0.25, -0.2) is 0 Å². The molecule has 1 N–H and O–H groups in total. The van der Waals surface area contributed by atoms with Crippen LogP contribution in [0.2, 0.25) is 0 Å². The van der Waals surface area contributed by atoms with Gasteiger partial charge in [0.1, 0.15) is 0 Å². The van der Waals surface area contributed by atoms with Crippen LogP contribution in [0, 0.1) is 5.92 Å². The lowest BCUT2D eigenvalue weighted by Gasteiger charge is -2.37. The lowest BCUT2D eigenvalue weighted by molar-refractivity contribution is 0.0168. The highest BCUT2D eigenvalue weighted by atomic mass is 127.